The van der Waals surface area contributed by atoms with Crippen molar-refractivity contribution >= 4 is 21.8 Å². The molecule has 2 aromatic carbocycles. The molecule has 0 saturated heterocycles. The zero-order valence-corrected chi connectivity index (χ0v) is 15.6. The van der Waals surface area contributed by atoms with Crippen LogP contribution in [0.5, 0.6) is 0 Å². The third kappa shape index (κ3) is 4.41. The van der Waals surface area contributed by atoms with Gasteiger partial charge in [0.25, 0.3) is 11.8 Å². The Bertz CT molecular complexity index is 1150. The van der Waals surface area contributed by atoms with Crippen LogP contribution >= 0.6 is 0 Å². The number of carbonyl (C=O) groups excluding carboxylic acids is 2. The van der Waals surface area contributed by atoms with Gasteiger partial charge in [0.1, 0.15) is 12.1 Å². The van der Waals surface area contributed by atoms with Crippen molar-refractivity contribution in [3.05, 3.63) is 65.7 Å². The molecule has 0 unspecified atom stereocenters. The van der Waals surface area contributed by atoms with Gasteiger partial charge in [0.15, 0.2) is 0 Å². The van der Waals surface area contributed by atoms with Crippen LogP contribution in [0.1, 0.15) is 20.7 Å². The number of amides is 2. The van der Waals surface area contributed by atoms with Gasteiger partial charge in [-0.2, -0.15) is 0 Å². The minimum Gasteiger partial charge on any atom is -0.267 e. The summed E-state index contributed by atoms with van der Waals surface area (Å²) in [6.45, 7) is 0. The van der Waals surface area contributed by atoms with Gasteiger partial charge in [-0.25, -0.2) is 22.2 Å². The highest BCUT2D eigenvalue weighted by Crippen LogP contribution is 2.15. The Balaban J connectivity index is 1.69. The van der Waals surface area contributed by atoms with Gasteiger partial charge < -0.3 is 0 Å². The second kappa shape index (κ2) is 8.12. The zero-order chi connectivity index (χ0) is 21.0. The fourth-order valence-electron chi connectivity index (χ4n) is 2.26. The molecule has 0 saturated carbocycles. The van der Waals surface area contributed by atoms with Gasteiger partial charge in [-0.05, 0) is 59.9 Å². The fourth-order valence-corrected chi connectivity index (χ4v) is 3.02. The molecule has 3 rings (SSSR count). The van der Waals surface area contributed by atoms with Crippen LogP contribution < -0.4 is 15.6 Å². The number of nitrogens with one attached hydrogen (secondary N) is 3. The molecular formula is C16H14FN7O4S. The number of nitrogens with zero attached hydrogens (tertiary/aromatic N) is 4. The molecule has 3 N–H and O–H groups in total. The monoisotopic (exact) mass is 419 g/mol. The first kappa shape index (κ1) is 20.0. The third-order valence-corrected chi connectivity index (χ3v) is 5.21. The summed E-state index contributed by atoms with van der Waals surface area (Å²) in [6, 6.07) is 8.83. The average Bonchev–Trinajstić information content (AvgIpc) is 3.27. The Morgan fingerprint density at radius 3 is 2.34 bits per heavy atom. The Labute approximate surface area is 163 Å². The number of hydrogen-bond donors (Lipinski definition) is 3. The van der Waals surface area contributed by atoms with E-state index in [9.17, 15) is 22.4 Å². The highest BCUT2D eigenvalue weighted by Gasteiger charge is 2.19. The molecule has 1 aromatic heterocycles. The van der Waals surface area contributed by atoms with Crippen molar-refractivity contribution in [2.45, 2.75) is 4.90 Å². The molecule has 29 heavy (non-hydrogen) atoms. The largest absolute Gasteiger partial charge is 0.272 e. The molecule has 2 amide bonds. The summed E-state index contributed by atoms with van der Waals surface area (Å²) >= 11 is 0. The van der Waals surface area contributed by atoms with Crippen molar-refractivity contribution in [2.24, 2.45) is 0 Å². The summed E-state index contributed by atoms with van der Waals surface area (Å²) in [7, 11) is -2.68. The molecule has 0 aliphatic heterocycles. The van der Waals surface area contributed by atoms with E-state index in [1.54, 1.807) is 12.1 Å². The van der Waals surface area contributed by atoms with Crippen molar-refractivity contribution in [1.82, 2.24) is 35.8 Å². The number of tetrazole rings is 1. The maximum absolute atomic E-state index is 13.9. The van der Waals surface area contributed by atoms with Crippen molar-refractivity contribution in [3.63, 3.8) is 0 Å². The average molecular weight is 419 g/mol. The number of halogens is 1. The van der Waals surface area contributed by atoms with Crippen molar-refractivity contribution in [1.29, 1.82) is 0 Å². The van der Waals surface area contributed by atoms with E-state index in [2.05, 4.69) is 25.7 Å². The standard InChI is InChI=1S/C16H14FN7O4S/c1-18-29(27,28)12-6-7-14(17)13(8-12)16(26)21-20-15(25)10-2-4-11(5-3-10)24-9-19-22-23-24/h2-9,18H,1H3,(H,20,25)(H,21,26). The van der Waals surface area contributed by atoms with E-state index >= 15 is 0 Å². The third-order valence-electron chi connectivity index (χ3n) is 3.79. The van der Waals surface area contributed by atoms with Crippen molar-refractivity contribution in [3.8, 4) is 5.69 Å². The first-order valence-corrected chi connectivity index (χ1v) is 9.47. The van der Waals surface area contributed by atoms with Gasteiger partial charge >= 0.3 is 0 Å². The highest BCUT2D eigenvalue weighted by molar-refractivity contribution is 7.89. The molecule has 0 radical (unpaired) electrons. The van der Waals surface area contributed by atoms with Crippen LogP contribution in [0.15, 0.2) is 53.7 Å². The Morgan fingerprint density at radius 1 is 1.03 bits per heavy atom. The predicted octanol–water partition coefficient (Wildman–Crippen LogP) is -0.216. The molecule has 0 spiro atoms. The van der Waals surface area contributed by atoms with Crippen LogP contribution in [0.25, 0.3) is 5.69 Å². The normalized spacial score (nSPS) is 11.1. The molecule has 3 aromatic rings. The van der Waals surface area contributed by atoms with E-state index < -0.39 is 33.2 Å². The van der Waals surface area contributed by atoms with Gasteiger partial charge in [-0.1, -0.05) is 0 Å². The molecular weight excluding hydrogens is 405 g/mol. The summed E-state index contributed by atoms with van der Waals surface area (Å²) in [5.41, 5.74) is 4.45. The number of aromatic nitrogens is 4. The lowest BCUT2D eigenvalue weighted by molar-refractivity contribution is 0.0844. The summed E-state index contributed by atoms with van der Waals surface area (Å²) in [4.78, 5) is 24.0. The van der Waals surface area contributed by atoms with Crippen LogP contribution in [0.4, 0.5) is 4.39 Å². The second-order valence-corrected chi connectivity index (χ2v) is 7.45. The minimum atomic E-state index is -3.87. The van der Waals surface area contributed by atoms with E-state index in [4.69, 9.17) is 0 Å². The molecule has 0 aliphatic carbocycles. The number of rotatable bonds is 5. The van der Waals surface area contributed by atoms with Crippen LogP contribution in [0.2, 0.25) is 0 Å². The lowest BCUT2D eigenvalue weighted by Crippen LogP contribution is -2.42. The van der Waals surface area contributed by atoms with E-state index in [-0.39, 0.29) is 10.5 Å². The van der Waals surface area contributed by atoms with E-state index in [0.29, 0.717) is 5.69 Å². The van der Waals surface area contributed by atoms with E-state index in [0.717, 1.165) is 18.2 Å². The second-order valence-electron chi connectivity index (χ2n) is 5.56. The quantitative estimate of drug-likeness (QED) is 0.484. The number of hydrogen-bond acceptors (Lipinski definition) is 7. The van der Waals surface area contributed by atoms with E-state index in [1.165, 1.54) is 30.2 Å². The summed E-state index contributed by atoms with van der Waals surface area (Å²) < 4.78 is 41.0. The SMILES string of the molecule is CNS(=O)(=O)c1ccc(F)c(C(=O)NNC(=O)c2ccc(-n3cnnn3)cc2)c1. The molecule has 0 aliphatic rings. The van der Waals surface area contributed by atoms with E-state index in [1.807, 2.05) is 5.43 Å². The minimum absolute atomic E-state index is 0.203. The van der Waals surface area contributed by atoms with Crippen LogP contribution in [-0.2, 0) is 10.0 Å². The number of sulfonamides is 1. The first-order chi connectivity index (χ1) is 13.8. The van der Waals surface area contributed by atoms with Crippen LogP contribution in [0, 0.1) is 5.82 Å². The van der Waals surface area contributed by atoms with Gasteiger partial charge in [0.05, 0.1) is 16.1 Å². The molecule has 0 bridgehead atoms. The maximum atomic E-state index is 13.9. The molecule has 0 atom stereocenters. The smallest absolute Gasteiger partial charge is 0.267 e. The van der Waals surface area contributed by atoms with Crippen molar-refractivity contribution < 1.29 is 22.4 Å². The van der Waals surface area contributed by atoms with Gasteiger partial charge in [0, 0.05) is 5.56 Å². The van der Waals surface area contributed by atoms with Crippen molar-refractivity contribution in [2.75, 3.05) is 7.05 Å². The first-order valence-electron chi connectivity index (χ1n) is 7.99. The number of carbonyl (C=O) groups is 2. The molecule has 13 heteroatoms. The molecule has 150 valence electrons. The number of benzene rings is 2. The fraction of sp³-hybridized carbons (Fsp3) is 0.0625. The zero-order valence-electron chi connectivity index (χ0n) is 14.8. The summed E-state index contributed by atoms with van der Waals surface area (Å²) in [5, 5.41) is 10.7. The number of hydrazine groups is 1. The topological polar surface area (TPSA) is 148 Å². The lowest BCUT2D eigenvalue weighted by atomic mass is 10.2. The molecule has 11 nitrogen and oxygen atoms in total. The van der Waals surface area contributed by atoms with Gasteiger partial charge in [0.2, 0.25) is 10.0 Å². The van der Waals surface area contributed by atoms with Gasteiger partial charge in [-0.15, -0.1) is 5.10 Å². The molecule has 0 fully saturated rings. The highest BCUT2D eigenvalue weighted by atomic mass is 32.2. The lowest BCUT2D eigenvalue weighted by Gasteiger charge is -2.10. The molecule has 1 heterocycles. The van der Waals surface area contributed by atoms with Crippen LogP contribution in [0.3, 0.4) is 0 Å². The summed E-state index contributed by atoms with van der Waals surface area (Å²) in [5.74, 6) is -2.63. The van der Waals surface area contributed by atoms with Crippen LogP contribution in [-0.4, -0.2) is 47.5 Å². The summed E-state index contributed by atoms with van der Waals surface area (Å²) in [6.07, 6.45) is 1.38. The predicted molar refractivity (Wildman–Crippen MR) is 96.7 cm³/mol. The maximum Gasteiger partial charge on any atom is 0.272 e. The Hall–Kier alpha value is -3.71. The Kier molecular flexibility index (Phi) is 5.61. The Morgan fingerprint density at radius 2 is 1.72 bits per heavy atom. The van der Waals surface area contributed by atoms with Gasteiger partial charge in [-0.3, -0.25) is 20.4 Å².